The number of rotatable bonds is 4. The molecule has 0 aromatic rings. The van der Waals surface area contributed by atoms with E-state index in [9.17, 15) is 0 Å². The fourth-order valence-electron chi connectivity index (χ4n) is 1.12. The third-order valence-corrected chi connectivity index (χ3v) is 15.9. The van der Waals surface area contributed by atoms with Crippen LogP contribution >= 0.6 is 8.32 Å². The molecule has 0 saturated carbocycles. The molecule has 0 aromatic carbocycles. The Labute approximate surface area is 76.9 Å². The van der Waals surface area contributed by atoms with E-state index >= 15 is 0 Å². The van der Waals surface area contributed by atoms with E-state index in [1.165, 1.54) is 7.96 Å². The van der Waals surface area contributed by atoms with Crippen LogP contribution in [0.25, 0.3) is 0 Å². The zero-order valence-electron chi connectivity index (χ0n) is 7.52. The van der Waals surface area contributed by atoms with Crippen LogP contribution in [-0.2, 0) is 0 Å². The Morgan fingerprint density at radius 1 is 1.00 bits per heavy atom. The maximum atomic E-state index is 6.29. The molecule has 60 valence electrons. The minimum atomic E-state index is -1.59. The van der Waals surface area contributed by atoms with E-state index in [0.717, 1.165) is 11.8 Å². The average molecular weight is 354 g/mol. The van der Waals surface area contributed by atoms with Crippen LogP contribution in [0.15, 0.2) is 0 Å². The molecule has 0 aliphatic carbocycles. The molecule has 0 fully saturated rings. The third kappa shape index (κ3) is 7.32. The summed E-state index contributed by atoms with van der Waals surface area (Å²) in [6, 6.07) is 0. The van der Waals surface area contributed by atoms with Gasteiger partial charge >= 0.3 is 77.3 Å². The molecule has 0 heterocycles. The van der Waals surface area contributed by atoms with Crippen molar-refractivity contribution in [3.8, 4) is 0 Å². The fraction of sp³-hybridized carbons (Fsp3) is 1.00. The van der Waals surface area contributed by atoms with Crippen LogP contribution in [0.1, 0.15) is 27.7 Å². The van der Waals surface area contributed by atoms with Crippen LogP contribution in [-0.4, -0.2) is 21.5 Å². The summed E-state index contributed by atoms with van der Waals surface area (Å²) in [5.41, 5.74) is 0. The molecular formula is C8H18ClTl. The maximum absolute atomic E-state index is 6.29. The van der Waals surface area contributed by atoms with Crippen molar-refractivity contribution in [1.82, 2.24) is 0 Å². The van der Waals surface area contributed by atoms with E-state index in [4.69, 9.17) is 8.32 Å². The quantitative estimate of drug-likeness (QED) is 0.678. The van der Waals surface area contributed by atoms with Crippen LogP contribution in [0, 0.1) is 11.8 Å². The second-order valence-corrected chi connectivity index (χ2v) is 17.6. The summed E-state index contributed by atoms with van der Waals surface area (Å²) in [7, 11) is 6.29. The van der Waals surface area contributed by atoms with Crippen LogP contribution < -0.4 is 0 Å². The molecule has 10 heavy (non-hydrogen) atoms. The summed E-state index contributed by atoms with van der Waals surface area (Å²) in [5.74, 6) is 1.67. The topological polar surface area (TPSA) is 0 Å². The van der Waals surface area contributed by atoms with Crippen molar-refractivity contribution in [3.63, 3.8) is 0 Å². The van der Waals surface area contributed by atoms with Gasteiger partial charge in [0.15, 0.2) is 0 Å². The molecule has 0 aromatic heterocycles. The van der Waals surface area contributed by atoms with Crippen molar-refractivity contribution in [2.24, 2.45) is 11.8 Å². The fourth-order valence-corrected chi connectivity index (χ4v) is 16.1. The number of halogens is 1. The molecule has 0 atom stereocenters. The molecule has 0 aliphatic heterocycles. The van der Waals surface area contributed by atoms with Gasteiger partial charge in [-0.1, -0.05) is 0 Å². The van der Waals surface area contributed by atoms with Gasteiger partial charge in [-0.2, -0.15) is 0 Å². The first-order chi connectivity index (χ1) is 4.52. The Bertz CT molecular complexity index is 71.3. The molecule has 0 radical (unpaired) electrons. The molecule has 0 amide bonds. The Morgan fingerprint density at radius 2 is 1.30 bits per heavy atom. The average Bonchev–Trinajstić information content (AvgIpc) is 1.58. The second-order valence-electron chi connectivity index (χ2n) is 3.86. The zero-order valence-corrected chi connectivity index (χ0v) is 12.8. The van der Waals surface area contributed by atoms with Crippen molar-refractivity contribution in [2.45, 2.75) is 35.7 Å². The Balaban J connectivity index is 3.34. The first kappa shape index (κ1) is 11.2. The van der Waals surface area contributed by atoms with Gasteiger partial charge in [-0.25, -0.2) is 0 Å². The van der Waals surface area contributed by atoms with Gasteiger partial charge in [0, 0.05) is 0 Å². The third-order valence-electron chi connectivity index (χ3n) is 1.45. The van der Waals surface area contributed by atoms with Crippen LogP contribution in [0.3, 0.4) is 0 Å². The van der Waals surface area contributed by atoms with Gasteiger partial charge in [0.25, 0.3) is 0 Å². The monoisotopic (exact) mass is 354 g/mol. The Hall–Kier alpha value is 1.21. The Morgan fingerprint density at radius 3 is 1.50 bits per heavy atom. The first-order valence-corrected chi connectivity index (χ1v) is 16.0. The summed E-state index contributed by atoms with van der Waals surface area (Å²) < 4.78 is 2.75. The van der Waals surface area contributed by atoms with E-state index in [1.807, 2.05) is 0 Å². The van der Waals surface area contributed by atoms with Gasteiger partial charge in [0.05, 0.1) is 0 Å². The zero-order chi connectivity index (χ0) is 8.15. The number of hydrogen-bond donors (Lipinski definition) is 0. The van der Waals surface area contributed by atoms with Crippen molar-refractivity contribution in [3.05, 3.63) is 0 Å². The summed E-state index contributed by atoms with van der Waals surface area (Å²) in [4.78, 5) is 0. The molecule has 0 rings (SSSR count). The molecule has 2 heteroatoms. The van der Waals surface area contributed by atoms with Gasteiger partial charge in [-0.15, -0.1) is 0 Å². The molecule has 0 saturated heterocycles. The standard InChI is InChI=1S/2C4H9.ClH.Tl/c2*1-4(2)3;;/h2*4H,1H2,2-3H3;1H;/q;;;+1/p-1. The molecule has 0 spiro atoms. The Kier molecular flexibility index (Phi) is 6.52. The van der Waals surface area contributed by atoms with Crippen LogP contribution in [0.5, 0.6) is 0 Å². The summed E-state index contributed by atoms with van der Waals surface area (Å²) >= 11 is -1.59. The molecular weight excluding hydrogens is 336 g/mol. The predicted molar refractivity (Wildman–Crippen MR) is 50.9 cm³/mol. The van der Waals surface area contributed by atoms with Gasteiger partial charge in [0.2, 0.25) is 0 Å². The van der Waals surface area contributed by atoms with E-state index in [0.29, 0.717) is 0 Å². The second kappa shape index (κ2) is 5.81. The van der Waals surface area contributed by atoms with Gasteiger partial charge in [0.1, 0.15) is 0 Å². The minimum absolute atomic E-state index is 0.836. The summed E-state index contributed by atoms with van der Waals surface area (Å²) in [6.45, 7) is 9.09. The molecule has 0 aliphatic rings. The SMILES string of the molecule is CC(C)[CH2][Tl]([Cl])[CH2]C(C)C. The van der Waals surface area contributed by atoms with Crippen LogP contribution in [0.4, 0.5) is 0 Å². The van der Waals surface area contributed by atoms with Crippen molar-refractivity contribution in [2.75, 3.05) is 0 Å². The predicted octanol–water partition coefficient (Wildman–Crippen LogP) is 3.53. The van der Waals surface area contributed by atoms with Crippen LogP contribution in [0.2, 0.25) is 7.96 Å². The van der Waals surface area contributed by atoms with Crippen molar-refractivity contribution in [1.29, 1.82) is 0 Å². The van der Waals surface area contributed by atoms with Crippen molar-refractivity contribution < 1.29 is 0 Å². The van der Waals surface area contributed by atoms with Gasteiger partial charge in [-0.05, 0) is 0 Å². The van der Waals surface area contributed by atoms with E-state index < -0.39 is 21.5 Å². The van der Waals surface area contributed by atoms with Gasteiger partial charge < -0.3 is 0 Å². The van der Waals surface area contributed by atoms with Crippen molar-refractivity contribution >= 4 is 29.8 Å². The summed E-state index contributed by atoms with van der Waals surface area (Å²) in [5, 5.41) is 0. The molecule has 0 N–H and O–H groups in total. The van der Waals surface area contributed by atoms with Gasteiger partial charge in [-0.3, -0.25) is 0 Å². The molecule has 0 unspecified atom stereocenters. The van der Waals surface area contributed by atoms with E-state index in [-0.39, 0.29) is 0 Å². The molecule has 0 nitrogen and oxygen atoms in total. The molecule has 0 bridgehead atoms. The van der Waals surface area contributed by atoms with E-state index in [1.54, 1.807) is 0 Å². The first-order valence-electron chi connectivity index (χ1n) is 4.16. The van der Waals surface area contributed by atoms with E-state index in [2.05, 4.69) is 27.7 Å². The normalized spacial score (nSPS) is 11.1. The summed E-state index contributed by atoms with van der Waals surface area (Å²) in [6.07, 6.45) is 0. The number of hydrogen-bond acceptors (Lipinski definition) is 0.